The molecule has 0 radical (unpaired) electrons. The van der Waals surface area contributed by atoms with E-state index in [4.69, 9.17) is 16.3 Å². The number of aliphatic hydroxyl groups is 2. The fraction of sp³-hybridized carbons (Fsp3) is 0.306. The van der Waals surface area contributed by atoms with Gasteiger partial charge in [0, 0.05) is 41.9 Å². The van der Waals surface area contributed by atoms with E-state index < -0.39 is 29.6 Å². The lowest BCUT2D eigenvalue weighted by molar-refractivity contribution is -0.153. The van der Waals surface area contributed by atoms with Crippen LogP contribution in [0.1, 0.15) is 55.0 Å². The van der Waals surface area contributed by atoms with Crippen molar-refractivity contribution in [1.82, 2.24) is 15.0 Å². The molecule has 1 aromatic heterocycles. The minimum Gasteiger partial charge on any atom is -0.441 e. The van der Waals surface area contributed by atoms with E-state index in [0.29, 0.717) is 40.6 Å². The van der Waals surface area contributed by atoms with Crippen molar-refractivity contribution in [1.29, 1.82) is 0 Å². The summed E-state index contributed by atoms with van der Waals surface area (Å²) in [6.45, 7) is 3.64. The van der Waals surface area contributed by atoms with Crippen molar-refractivity contribution in [2.75, 3.05) is 16.4 Å². The van der Waals surface area contributed by atoms with Gasteiger partial charge in [0.05, 0.1) is 36.9 Å². The smallest absolute Gasteiger partial charge is 0.304 e. The standard InChI is InChI=1S/C36H36ClN5O6/c1-23(9-6-7-16-40-21-31(38-39-40)29(22-43)26-11-4-3-5-12-26)36(47)30-18-27(37)14-15-32(30)41(35(36)46)20-25-10-8-13-28(17-25)42-33(45)19-34(42)48-24(2)44/h3-6,8-15,17-18,21,23,29,34,43,47H,7,16,19-20,22H2,1-2H3/b9-6+/t23-,29?,34?,36+/m1/s1. The van der Waals surface area contributed by atoms with Crippen LogP contribution in [0.2, 0.25) is 5.02 Å². The highest BCUT2D eigenvalue weighted by molar-refractivity contribution is 6.31. The predicted octanol–water partition coefficient (Wildman–Crippen LogP) is 4.70. The van der Waals surface area contributed by atoms with Crippen LogP contribution in [0.15, 0.2) is 91.1 Å². The monoisotopic (exact) mass is 669 g/mol. The van der Waals surface area contributed by atoms with Crippen molar-refractivity contribution in [3.8, 4) is 0 Å². The van der Waals surface area contributed by atoms with Gasteiger partial charge in [0.2, 0.25) is 5.91 Å². The summed E-state index contributed by atoms with van der Waals surface area (Å²) < 4.78 is 6.96. The summed E-state index contributed by atoms with van der Waals surface area (Å²) in [5.41, 5.74) is 1.99. The molecule has 12 heteroatoms. The molecule has 248 valence electrons. The third kappa shape index (κ3) is 6.36. The first kappa shape index (κ1) is 33.1. The number of aliphatic hydroxyl groups excluding tert-OH is 1. The Morgan fingerprint density at radius 3 is 2.65 bits per heavy atom. The van der Waals surface area contributed by atoms with Gasteiger partial charge in [-0.05, 0) is 47.9 Å². The number of β-lactam (4-membered cyclic amide) rings is 1. The summed E-state index contributed by atoms with van der Waals surface area (Å²) in [6.07, 6.45) is 5.54. The molecule has 48 heavy (non-hydrogen) atoms. The third-order valence-electron chi connectivity index (χ3n) is 8.88. The average molecular weight is 670 g/mol. The first-order chi connectivity index (χ1) is 23.1. The SMILES string of the molecule is CC(=O)OC1CC(=O)N1c1cccc(CN2C(=O)[C@](O)([C@H](C)/C=C/CCn3cc(C(CO)c4ccccc4)nn3)c3cc(Cl)ccc32)c1. The van der Waals surface area contributed by atoms with Gasteiger partial charge in [-0.1, -0.05) is 78.4 Å². The summed E-state index contributed by atoms with van der Waals surface area (Å²) in [7, 11) is 0. The second-order valence-electron chi connectivity index (χ2n) is 12.1. The highest BCUT2D eigenvalue weighted by Crippen LogP contribution is 2.47. The number of amides is 2. The van der Waals surface area contributed by atoms with Gasteiger partial charge in [0.25, 0.3) is 5.91 Å². The van der Waals surface area contributed by atoms with Crippen LogP contribution in [0.25, 0.3) is 0 Å². The molecule has 11 nitrogen and oxygen atoms in total. The van der Waals surface area contributed by atoms with E-state index in [9.17, 15) is 24.6 Å². The maximum atomic E-state index is 14.1. The number of allylic oxidation sites excluding steroid dienone is 1. The number of benzene rings is 3. The van der Waals surface area contributed by atoms with Crippen molar-refractivity contribution >= 4 is 40.8 Å². The fourth-order valence-electron chi connectivity index (χ4n) is 6.33. The number of nitrogens with zero attached hydrogens (tertiary/aromatic N) is 5. The number of carbonyl (C=O) groups is 3. The topological polar surface area (TPSA) is 138 Å². The molecule has 6 rings (SSSR count). The number of aromatic nitrogens is 3. The van der Waals surface area contributed by atoms with Crippen LogP contribution in [-0.2, 0) is 37.8 Å². The van der Waals surface area contributed by atoms with Crippen LogP contribution >= 0.6 is 11.6 Å². The molecule has 2 unspecified atom stereocenters. The van der Waals surface area contributed by atoms with Gasteiger partial charge in [-0.25, -0.2) is 0 Å². The molecule has 0 spiro atoms. The zero-order valence-corrected chi connectivity index (χ0v) is 27.3. The number of esters is 1. The number of fused-ring (bicyclic) bond motifs is 1. The van der Waals surface area contributed by atoms with Gasteiger partial charge in [0.1, 0.15) is 0 Å². The normalized spacial score (nSPS) is 20.1. The summed E-state index contributed by atoms with van der Waals surface area (Å²) in [6, 6.07) is 21.8. The van der Waals surface area contributed by atoms with Crippen molar-refractivity contribution in [3.05, 3.63) is 119 Å². The first-order valence-corrected chi connectivity index (χ1v) is 16.1. The largest absolute Gasteiger partial charge is 0.441 e. The molecule has 0 saturated carbocycles. The van der Waals surface area contributed by atoms with E-state index in [2.05, 4.69) is 10.3 Å². The van der Waals surface area contributed by atoms with Gasteiger partial charge in [-0.3, -0.25) is 24.0 Å². The summed E-state index contributed by atoms with van der Waals surface area (Å²) in [5, 5.41) is 30.9. The Hall–Kier alpha value is -4.84. The Labute approximate surface area is 283 Å². The van der Waals surface area contributed by atoms with Crippen molar-refractivity contribution in [2.24, 2.45) is 5.92 Å². The number of ether oxygens (including phenoxy) is 1. The molecule has 4 aromatic rings. The maximum absolute atomic E-state index is 14.1. The minimum absolute atomic E-state index is 0.0879. The van der Waals surface area contributed by atoms with E-state index in [0.717, 1.165) is 11.1 Å². The number of hydrogen-bond donors (Lipinski definition) is 2. The Balaban J connectivity index is 1.16. The van der Waals surface area contributed by atoms with Gasteiger partial charge < -0.3 is 19.8 Å². The van der Waals surface area contributed by atoms with Crippen LogP contribution in [0.3, 0.4) is 0 Å². The Morgan fingerprint density at radius 2 is 1.92 bits per heavy atom. The lowest BCUT2D eigenvalue weighted by Crippen LogP contribution is -2.54. The molecule has 4 atom stereocenters. The van der Waals surface area contributed by atoms with Crippen molar-refractivity contribution in [3.63, 3.8) is 0 Å². The lowest BCUT2D eigenvalue weighted by Gasteiger charge is -2.39. The van der Waals surface area contributed by atoms with E-state index in [-0.39, 0.29) is 31.4 Å². The number of carbonyl (C=O) groups excluding carboxylic acids is 3. The molecular weight excluding hydrogens is 634 g/mol. The quantitative estimate of drug-likeness (QED) is 0.126. The first-order valence-electron chi connectivity index (χ1n) is 15.7. The molecule has 2 N–H and O–H groups in total. The molecule has 0 bridgehead atoms. The zero-order chi connectivity index (χ0) is 34.0. The molecule has 2 aliphatic heterocycles. The maximum Gasteiger partial charge on any atom is 0.304 e. The summed E-state index contributed by atoms with van der Waals surface area (Å²) in [4.78, 5) is 40.9. The molecule has 1 fully saturated rings. The second-order valence-corrected chi connectivity index (χ2v) is 12.5. The van der Waals surface area contributed by atoms with E-state index >= 15 is 0 Å². The van der Waals surface area contributed by atoms with Crippen LogP contribution in [-0.4, -0.2) is 55.8 Å². The second kappa shape index (κ2) is 13.7. The fourth-order valence-corrected chi connectivity index (χ4v) is 6.50. The predicted molar refractivity (Wildman–Crippen MR) is 179 cm³/mol. The van der Waals surface area contributed by atoms with Crippen LogP contribution in [0.4, 0.5) is 11.4 Å². The Morgan fingerprint density at radius 1 is 1.12 bits per heavy atom. The van der Waals surface area contributed by atoms with Gasteiger partial charge in [-0.15, -0.1) is 5.10 Å². The minimum atomic E-state index is -1.87. The van der Waals surface area contributed by atoms with E-state index in [1.165, 1.54) is 16.7 Å². The van der Waals surface area contributed by atoms with Gasteiger partial charge in [0.15, 0.2) is 11.8 Å². The number of rotatable bonds is 12. The Bertz CT molecular complexity index is 1860. The van der Waals surface area contributed by atoms with Crippen LogP contribution in [0, 0.1) is 5.92 Å². The molecule has 1 saturated heterocycles. The van der Waals surface area contributed by atoms with Crippen LogP contribution < -0.4 is 9.80 Å². The summed E-state index contributed by atoms with van der Waals surface area (Å²) >= 11 is 6.36. The van der Waals surface area contributed by atoms with Crippen molar-refractivity contribution < 1.29 is 29.3 Å². The van der Waals surface area contributed by atoms with Gasteiger partial charge in [-0.2, -0.15) is 0 Å². The average Bonchev–Trinajstić information content (AvgIpc) is 3.61. The van der Waals surface area contributed by atoms with E-state index in [1.54, 1.807) is 48.0 Å². The molecule has 3 heterocycles. The van der Waals surface area contributed by atoms with E-state index in [1.807, 2.05) is 54.7 Å². The molecule has 3 aromatic carbocycles. The molecule has 2 amide bonds. The van der Waals surface area contributed by atoms with Crippen molar-refractivity contribution in [2.45, 2.75) is 57.5 Å². The highest BCUT2D eigenvalue weighted by Gasteiger charge is 2.52. The molecule has 0 aliphatic carbocycles. The highest BCUT2D eigenvalue weighted by atomic mass is 35.5. The number of aryl methyl sites for hydroxylation is 1. The third-order valence-corrected chi connectivity index (χ3v) is 9.11. The summed E-state index contributed by atoms with van der Waals surface area (Å²) in [5.74, 6) is -2.01. The van der Waals surface area contributed by atoms with Gasteiger partial charge >= 0.3 is 5.97 Å². The zero-order valence-electron chi connectivity index (χ0n) is 26.6. The number of halogens is 1. The Kier molecular flexibility index (Phi) is 9.45. The number of hydrogen-bond acceptors (Lipinski definition) is 8. The number of anilines is 2. The van der Waals surface area contributed by atoms with Crippen LogP contribution in [0.5, 0.6) is 0 Å². The molecular formula is C36H36ClN5O6. The lowest BCUT2D eigenvalue weighted by atomic mass is 9.83. The molecule has 2 aliphatic rings.